The SMILES string of the molecule is c1ccc(N2CC3CC(C2)N3)cc1. The van der Waals surface area contributed by atoms with Gasteiger partial charge < -0.3 is 10.2 Å². The molecule has 3 aliphatic heterocycles. The smallest absolute Gasteiger partial charge is 0.0367 e. The molecule has 2 bridgehead atoms. The second-order valence-corrected chi connectivity index (χ2v) is 4.04. The largest absolute Gasteiger partial charge is 0.368 e. The predicted octanol–water partition coefficient (Wildman–Crippen LogP) is 1.24. The van der Waals surface area contributed by atoms with Gasteiger partial charge in [0.15, 0.2) is 0 Å². The zero-order valence-electron chi connectivity index (χ0n) is 7.61. The van der Waals surface area contributed by atoms with Crippen LogP contribution in [0.25, 0.3) is 0 Å². The molecular weight excluding hydrogens is 160 g/mol. The Bertz CT molecular complexity index is 280. The van der Waals surface area contributed by atoms with Crippen molar-refractivity contribution in [2.45, 2.75) is 18.5 Å². The summed E-state index contributed by atoms with van der Waals surface area (Å²) in [6, 6.07) is 12.2. The lowest BCUT2D eigenvalue weighted by Crippen LogP contribution is -2.67. The van der Waals surface area contributed by atoms with Crippen LogP contribution in [-0.2, 0) is 0 Å². The summed E-state index contributed by atoms with van der Waals surface area (Å²) in [5.74, 6) is 0. The number of rotatable bonds is 1. The molecular formula is C11H14N2. The highest BCUT2D eigenvalue weighted by Gasteiger charge is 2.36. The van der Waals surface area contributed by atoms with E-state index in [1.165, 1.54) is 25.2 Å². The van der Waals surface area contributed by atoms with Gasteiger partial charge in [0.25, 0.3) is 0 Å². The van der Waals surface area contributed by atoms with Gasteiger partial charge in [0, 0.05) is 30.9 Å². The maximum Gasteiger partial charge on any atom is 0.0367 e. The minimum atomic E-state index is 0.749. The van der Waals surface area contributed by atoms with Crippen molar-refractivity contribution < 1.29 is 0 Å². The first-order chi connectivity index (χ1) is 6.42. The van der Waals surface area contributed by atoms with Gasteiger partial charge in [-0.25, -0.2) is 0 Å². The van der Waals surface area contributed by atoms with Crippen molar-refractivity contribution in [1.29, 1.82) is 0 Å². The Hall–Kier alpha value is -1.02. The lowest BCUT2D eigenvalue weighted by molar-refractivity contribution is 0.226. The number of anilines is 1. The van der Waals surface area contributed by atoms with Gasteiger partial charge in [-0.1, -0.05) is 18.2 Å². The molecule has 0 amide bonds. The number of fused-ring (bicyclic) bond motifs is 2. The summed E-state index contributed by atoms with van der Waals surface area (Å²) < 4.78 is 0. The third kappa shape index (κ3) is 1.22. The van der Waals surface area contributed by atoms with Gasteiger partial charge in [-0.15, -0.1) is 0 Å². The molecule has 4 rings (SSSR count). The number of nitrogens with zero attached hydrogens (tertiary/aromatic N) is 1. The normalized spacial score (nSPS) is 31.2. The first-order valence-electron chi connectivity index (χ1n) is 4.98. The van der Waals surface area contributed by atoms with Crippen LogP contribution in [0.4, 0.5) is 5.69 Å². The molecule has 2 unspecified atom stereocenters. The highest BCUT2D eigenvalue weighted by atomic mass is 15.3. The Kier molecular flexibility index (Phi) is 1.56. The molecule has 68 valence electrons. The third-order valence-electron chi connectivity index (χ3n) is 3.04. The molecule has 0 spiro atoms. The third-order valence-corrected chi connectivity index (χ3v) is 3.04. The Morgan fingerprint density at radius 3 is 2.31 bits per heavy atom. The van der Waals surface area contributed by atoms with Crippen molar-refractivity contribution in [3.05, 3.63) is 30.3 Å². The van der Waals surface area contributed by atoms with E-state index in [-0.39, 0.29) is 0 Å². The molecule has 2 heteroatoms. The van der Waals surface area contributed by atoms with E-state index in [0.29, 0.717) is 0 Å². The Balaban J connectivity index is 1.79. The van der Waals surface area contributed by atoms with Crippen LogP contribution in [0.3, 0.4) is 0 Å². The van der Waals surface area contributed by atoms with E-state index in [4.69, 9.17) is 0 Å². The summed E-state index contributed by atoms with van der Waals surface area (Å²) in [6.45, 7) is 2.36. The fourth-order valence-corrected chi connectivity index (χ4v) is 2.36. The first kappa shape index (κ1) is 7.39. The molecule has 1 N–H and O–H groups in total. The average molecular weight is 174 g/mol. The number of hydrogen-bond acceptors (Lipinski definition) is 2. The number of hydrogen-bond donors (Lipinski definition) is 1. The van der Waals surface area contributed by atoms with Crippen molar-refractivity contribution in [3.63, 3.8) is 0 Å². The second kappa shape index (κ2) is 2.74. The number of piperazine rings is 1. The van der Waals surface area contributed by atoms with E-state index in [2.05, 4.69) is 40.5 Å². The number of benzene rings is 1. The first-order valence-corrected chi connectivity index (χ1v) is 4.98. The van der Waals surface area contributed by atoms with Gasteiger partial charge in [0.05, 0.1) is 0 Å². The highest BCUT2D eigenvalue weighted by molar-refractivity contribution is 5.47. The van der Waals surface area contributed by atoms with Gasteiger partial charge in [0.2, 0.25) is 0 Å². The quantitative estimate of drug-likeness (QED) is 0.689. The second-order valence-electron chi connectivity index (χ2n) is 4.04. The fourth-order valence-electron chi connectivity index (χ4n) is 2.36. The van der Waals surface area contributed by atoms with Crippen LogP contribution in [0.1, 0.15) is 6.42 Å². The highest BCUT2D eigenvalue weighted by Crippen LogP contribution is 2.25. The summed E-state index contributed by atoms with van der Waals surface area (Å²) in [7, 11) is 0. The fraction of sp³-hybridized carbons (Fsp3) is 0.455. The summed E-state index contributed by atoms with van der Waals surface area (Å²) in [5, 5.41) is 3.54. The van der Waals surface area contributed by atoms with Crippen LogP contribution in [0.2, 0.25) is 0 Å². The minimum Gasteiger partial charge on any atom is -0.368 e. The van der Waals surface area contributed by atoms with Crippen LogP contribution >= 0.6 is 0 Å². The van der Waals surface area contributed by atoms with Crippen LogP contribution in [0.5, 0.6) is 0 Å². The molecule has 1 aromatic carbocycles. The molecule has 3 heterocycles. The standard InChI is InChI=1S/C11H14N2/c1-2-4-11(5-3-1)13-7-9-6-10(8-13)12-9/h1-5,9-10,12H,6-8H2. The molecule has 0 aromatic heterocycles. The maximum absolute atomic E-state index is 3.54. The maximum atomic E-state index is 3.54. The topological polar surface area (TPSA) is 15.3 Å². The molecule has 0 saturated carbocycles. The molecule has 3 saturated heterocycles. The van der Waals surface area contributed by atoms with Crippen LogP contribution in [0.15, 0.2) is 30.3 Å². The van der Waals surface area contributed by atoms with E-state index in [0.717, 1.165) is 12.1 Å². The van der Waals surface area contributed by atoms with Crippen LogP contribution in [0, 0.1) is 0 Å². The number of nitrogens with one attached hydrogen (secondary N) is 1. The summed E-state index contributed by atoms with van der Waals surface area (Å²) in [6.07, 6.45) is 1.38. The molecule has 0 radical (unpaired) electrons. The zero-order chi connectivity index (χ0) is 8.67. The Labute approximate surface area is 78.6 Å². The number of piperidine rings is 1. The van der Waals surface area contributed by atoms with E-state index >= 15 is 0 Å². The lowest BCUT2D eigenvalue weighted by Gasteiger charge is -2.49. The molecule has 2 nitrogen and oxygen atoms in total. The molecule has 2 atom stereocenters. The van der Waals surface area contributed by atoms with Crippen molar-refractivity contribution in [3.8, 4) is 0 Å². The van der Waals surface area contributed by atoms with E-state index in [9.17, 15) is 0 Å². The monoisotopic (exact) mass is 174 g/mol. The average Bonchev–Trinajstić information content (AvgIpc) is 2.18. The van der Waals surface area contributed by atoms with Crippen LogP contribution < -0.4 is 10.2 Å². The van der Waals surface area contributed by atoms with E-state index < -0.39 is 0 Å². The lowest BCUT2D eigenvalue weighted by atomic mass is 9.91. The van der Waals surface area contributed by atoms with E-state index in [1.807, 2.05) is 0 Å². The van der Waals surface area contributed by atoms with Gasteiger partial charge in [-0.2, -0.15) is 0 Å². The molecule has 1 aromatic rings. The van der Waals surface area contributed by atoms with Crippen molar-refractivity contribution >= 4 is 5.69 Å². The minimum absolute atomic E-state index is 0.749. The molecule has 13 heavy (non-hydrogen) atoms. The summed E-state index contributed by atoms with van der Waals surface area (Å²) >= 11 is 0. The van der Waals surface area contributed by atoms with Gasteiger partial charge in [0.1, 0.15) is 0 Å². The summed E-state index contributed by atoms with van der Waals surface area (Å²) in [4.78, 5) is 2.48. The number of para-hydroxylation sites is 1. The molecule has 3 fully saturated rings. The van der Waals surface area contributed by atoms with E-state index in [1.54, 1.807) is 0 Å². The predicted molar refractivity (Wildman–Crippen MR) is 54.0 cm³/mol. The zero-order valence-corrected chi connectivity index (χ0v) is 7.61. The van der Waals surface area contributed by atoms with Gasteiger partial charge in [-0.05, 0) is 18.6 Å². The summed E-state index contributed by atoms with van der Waals surface area (Å²) in [5.41, 5.74) is 1.37. The van der Waals surface area contributed by atoms with Gasteiger partial charge in [-0.3, -0.25) is 0 Å². The van der Waals surface area contributed by atoms with Crippen molar-refractivity contribution in [2.75, 3.05) is 18.0 Å². The Morgan fingerprint density at radius 1 is 1.08 bits per heavy atom. The van der Waals surface area contributed by atoms with Crippen molar-refractivity contribution in [2.24, 2.45) is 0 Å². The molecule has 0 aliphatic carbocycles. The van der Waals surface area contributed by atoms with Gasteiger partial charge >= 0.3 is 0 Å². The van der Waals surface area contributed by atoms with Crippen LogP contribution in [-0.4, -0.2) is 25.2 Å². The van der Waals surface area contributed by atoms with Crippen molar-refractivity contribution in [1.82, 2.24) is 5.32 Å². The molecule has 3 aliphatic rings. The Morgan fingerprint density at radius 2 is 1.69 bits per heavy atom.